The lowest BCUT2D eigenvalue weighted by Crippen LogP contribution is -2.45. The third kappa shape index (κ3) is 4.63. The Labute approximate surface area is 132 Å². The molecule has 1 aromatic rings. The number of benzene rings is 1. The molecular formula is C16H25ClF2N2. The molecule has 1 aliphatic rings. The summed E-state index contributed by atoms with van der Waals surface area (Å²) in [6.07, 6.45) is -2.35. The van der Waals surface area contributed by atoms with Gasteiger partial charge >= 0.3 is 0 Å². The van der Waals surface area contributed by atoms with E-state index in [1.807, 2.05) is 13.8 Å². The summed E-state index contributed by atoms with van der Waals surface area (Å²) in [5.74, 6) is 0. The third-order valence-electron chi connectivity index (χ3n) is 4.07. The van der Waals surface area contributed by atoms with Crippen LogP contribution in [0.3, 0.4) is 0 Å². The Kier molecular flexibility index (Phi) is 7.04. The number of halogens is 3. The lowest BCUT2D eigenvalue weighted by Gasteiger charge is -2.36. The lowest BCUT2D eigenvalue weighted by molar-refractivity contribution is 0.0734. The molecule has 21 heavy (non-hydrogen) atoms. The van der Waals surface area contributed by atoms with Crippen molar-refractivity contribution in [3.63, 3.8) is 0 Å². The highest BCUT2D eigenvalue weighted by Crippen LogP contribution is 2.32. The maximum atomic E-state index is 13.0. The van der Waals surface area contributed by atoms with Crippen molar-refractivity contribution in [3.8, 4) is 0 Å². The van der Waals surface area contributed by atoms with Gasteiger partial charge in [-0.15, -0.1) is 12.4 Å². The van der Waals surface area contributed by atoms with Crippen LogP contribution in [0.5, 0.6) is 0 Å². The summed E-state index contributed by atoms with van der Waals surface area (Å²) >= 11 is 0. The zero-order valence-electron chi connectivity index (χ0n) is 13.0. The molecule has 120 valence electrons. The molecule has 2 rings (SSSR count). The van der Waals surface area contributed by atoms with Gasteiger partial charge in [-0.3, -0.25) is 4.90 Å². The standard InChI is InChI=1S/C16H24F2N2.ClH/c1-11-8-12(2)16(13(3)9-11)14(10-15(17)18)20-6-4-19-5-7-20;/h8-9,14-15,19H,4-7,10H2,1-3H3;1H/t14-;/m0./s1. The molecule has 0 saturated carbocycles. The fourth-order valence-corrected chi connectivity index (χ4v) is 3.33. The zero-order chi connectivity index (χ0) is 14.7. The Hall–Kier alpha value is -0.710. The molecule has 0 spiro atoms. The molecule has 1 heterocycles. The van der Waals surface area contributed by atoms with Crippen molar-refractivity contribution < 1.29 is 8.78 Å². The highest BCUT2D eigenvalue weighted by molar-refractivity contribution is 5.85. The topological polar surface area (TPSA) is 15.3 Å². The van der Waals surface area contributed by atoms with E-state index in [-0.39, 0.29) is 24.9 Å². The van der Waals surface area contributed by atoms with Gasteiger partial charge in [-0.25, -0.2) is 8.78 Å². The first-order chi connectivity index (χ1) is 9.49. The minimum absolute atomic E-state index is 0. The summed E-state index contributed by atoms with van der Waals surface area (Å²) in [6.45, 7) is 9.56. The fourth-order valence-electron chi connectivity index (χ4n) is 3.33. The number of piperazine rings is 1. The molecule has 1 N–H and O–H groups in total. The third-order valence-corrected chi connectivity index (χ3v) is 4.07. The van der Waals surface area contributed by atoms with Crippen LogP contribution in [0.2, 0.25) is 0 Å². The monoisotopic (exact) mass is 318 g/mol. The largest absolute Gasteiger partial charge is 0.314 e. The molecule has 0 radical (unpaired) electrons. The summed E-state index contributed by atoms with van der Waals surface area (Å²) in [4.78, 5) is 2.20. The first-order valence-corrected chi connectivity index (χ1v) is 7.29. The van der Waals surface area contributed by atoms with Gasteiger partial charge in [0.05, 0.1) is 0 Å². The van der Waals surface area contributed by atoms with Crippen molar-refractivity contribution in [1.82, 2.24) is 10.2 Å². The Morgan fingerprint density at radius 1 is 1.10 bits per heavy atom. The van der Waals surface area contributed by atoms with E-state index in [0.29, 0.717) is 0 Å². The second kappa shape index (κ2) is 8.06. The number of rotatable bonds is 4. The number of nitrogens with one attached hydrogen (secondary N) is 1. The van der Waals surface area contributed by atoms with Crippen molar-refractivity contribution in [3.05, 3.63) is 34.4 Å². The molecule has 1 saturated heterocycles. The van der Waals surface area contributed by atoms with Crippen molar-refractivity contribution in [2.75, 3.05) is 26.2 Å². The maximum Gasteiger partial charge on any atom is 0.240 e. The first-order valence-electron chi connectivity index (χ1n) is 7.29. The van der Waals surface area contributed by atoms with E-state index in [1.165, 1.54) is 5.56 Å². The van der Waals surface area contributed by atoms with Gasteiger partial charge in [0.15, 0.2) is 0 Å². The van der Waals surface area contributed by atoms with Crippen LogP contribution in [-0.4, -0.2) is 37.5 Å². The van der Waals surface area contributed by atoms with Crippen LogP contribution >= 0.6 is 12.4 Å². The Balaban J connectivity index is 0.00000220. The predicted molar refractivity (Wildman–Crippen MR) is 85.7 cm³/mol. The van der Waals surface area contributed by atoms with Gasteiger partial charge in [0.25, 0.3) is 0 Å². The van der Waals surface area contributed by atoms with Crippen LogP contribution < -0.4 is 5.32 Å². The average molecular weight is 319 g/mol. The minimum atomic E-state index is -2.27. The lowest BCUT2D eigenvalue weighted by atomic mass is 9.91. The quantitative estimate of drug-likeness (QED) is 0.912. The molecule has 5 heteroatoms. The van der Waals surface area contributed by atoms with Crippen LogP contribution in [-0.2, 0) is 0 Å². The van der Waals surface area contributed by atoms with Crippen LogP contribution in [0.15, 0.2) is 12.1 Å². The summed E-state index contributed by atoms with van der Waals surface area (Å²) in [5, 5.41) is 3.28. The average Bonchev–Trinajstić information content (AvgIpc) is 2.37. The van der Waals surface area contributed by atoms with Gasteiger partial charge < -0.3 is 5.32 Å². The second-order valence-electron chi connectivity index (χ2n) is 5.74. The number of alkyl halides is 2. The summed E-state index contributed by atoms with van der Waals surface area (Å²) < 4.78 is 26.1. The van der Waals surface area contributed by atoms with Crippen molar-refractivity contribution in [1.29, 1.82) is 0 Å². The summed E-state index contributed by atoms with van der Waals surface area (Å²) in [7, 11) is 0. The maximum absolute atomic E-state index is 13.0. The van der Waals surface area contributed by atoms with Crippen LogP contribution in [0, 0.1) is 20.8 Å². The van der Waals surface area contributed by atoms with E-state index in [2.05, 4.69) is 29.3 Å². The van der Waals surface area contributed by atoms with Gasteiger partial charge in [0, 0.05) is 38.6 Å². The first kappa shape index (κ1) is 18.3. The van der Waals surface area contributed by atoms with Crippen LogP contribution in [0.1, 0.15) is 34.7 Å². The van der Waals surface area contributed by atoms with Gasteiger partial charge in [-0.2, -0.15) is 0 Å². The van der Waals surface area contributed by atoms with Crippen molar-refractivity contribution >= 4 is 12.4 Å². The molecule has 2 nitrogen and oxygen atoms in total. The molecule has 1 aromatic carbocycles. The van der Waals surface area contributed by atoms with E-state index in [4.69, 9.17) is 0 Å². The molecule has 1 atom stereocenters. The Morgan fingerprint density at radius 2 is 1.62 bits per heavy atom. The zero-order valence-corrected chi connectivity index (χ0v) is 13.8. The highest BCUT2D eigenvalue weighted by atomic mass is 35.5. The predicted octanol–water partition coefficient (Wildman–Crippen LogP) is 3.64. The molecule has 1 aliphatic heterocycles. The SMILES string of the molecule is Cc1cc(C)c([C@H](CC(F)F)N2CCNCC2)c(C)c1.Cl. The van der Waals surface area contributed by atoms with Gasteiger partial charge in [0.1, 0.15) is 0 Å². The number of hydrogen-bond acceptors (Lipinski definition) is 2. The molecule has 1 fully saturated rings. The van der Waals surface area contributed by atoms with E-state index in [9.17, 15) is 8.78 Å². The minimum Gasteiger partial charge on any atom is -0.314 e. The number of hydrogen-bond donors (Lipinski definition) is 1. The number of aryl methyl sites for hydroxylation is 3. The van der Waals surface area contributed by atoms with Gasteiger partial charge in [-0.05, 0) is 37.5 Å². The summed E-state index contributed by atoms with van der Waals surface area (Å²) in [5.41, 5.74) is 4.55. The van der Waals surface area contributed by atoms with E-state index >= 15 is 0 Å². The molecular weight excluding hydrogens is 294 g/mol. The Bertz CT molecular complexity index is 437. The molecule has 0 bridgehead atoms. The fraction of sp³-hybridized carbons (Fsp3) is 0.625. The molecule has 0 aromatic heterocycles. The van der Waals surface area contributed by atoms with E-state index in [1.54, 1.807) is 0 Å². The molecule has 0 amide bonds. The van der Waals surface area contributed by atoms with Crippen molar-refractivity contribution in [2.45, 2.75) is 39.7 Å². The van der Waals surface area contributed by atoms with Gasteiger partial charge in [-0.1, -0.05) is 17.7 Å². The van der Waals surface area contributed by atoms with E-state index < -0.39 is 6.43 Å². The van der Waals surface area contributed by atoms with Gasteiger partial charge in [0.2, 0.25) is 6.43 Å². The summed E-state index contributed by atoms with van der Waals surface area (Å²) in [6, 6.07) is 4.03. The highest BCUT2D eigenvalue weighted by Gasteiger charge is 2.27. The Morgan fingerprint density at radius 3 is 2.10 bits per heavy atom. The number of nitrogens with zero attached hydrogens (tertiary/aromatic N) is 1. The molecule has 0 unspecified atom stereocenters. The normalized spacial score (nSPS) is 17.6. The molecule has 0 aliphatic carbocycles. The van der Waals surface area contributed by atoms with Crippen LogP contribution in [0.25, 0.3) is 0 Å². The van der Waals surface area contributed by atoms with Crippen LogP contribution in [0.4, 0.5) is 8.78 Å². The smallest absolute Gasteiger partial charge is 0.240 e. The second-order valence-corrected chi connectivity index (χ2v) is 5.74. The van der Waals surface area contributed by atoms with Crippen molar-refractivity contribution in [2.24, 2.45) is 0 Å². The van der Waals surface area contributed by atoms with E-state index in [0.717, 1.165) is 42.9 Å².